The number of nitrogens with zero attached hydrogens (tertiary/aromatic N) is 2. The van der Waals surface area contributed by atoms with Gasteiger partial charge in [0.2, 0.25) is 0 Å². The number of hydrogen-bond donors (Lipinski definition) is 1. The predicted molar refractivity (Wildman–Crippen MR) is 78.1 cm³/mol. The molecule has 1 aromatic heterocycles. The SMILES string of the molecule is CCOc1ccc2nc(NC(=O)N(C)CC)sc2c1. The van der Waals surface area contributed by atoms with Gasteiger partial charge in [0.05, 0.1) is 16.8 Å². The van der Waals surface area contributed by atoms with Crippen molar-refractivity contribution in [1.29, 1.82) is 0 Å². The number of anilines is 1. The molecule has 2 rings (SSSR count). The Kier molecular flexibility index (Phi) is 4.21. The highest BCUT2D eigenvalue weighted by atomic mass is 32.1. The van der Waals surface area contributed by atoms with Crippen molar-refractivity contribution in [3.05, 3.63) is 18.2 Å². The molecule has 0 saturated carbocycles. The molecule has 0 spiro atoms. The summed E-state index contributed by atoms with van der Waals surface area (Å²) in [5.41, 5.74) is 0.864. The van der Waals surface area contributed by atoms with E-state index < -0.39 is 0 Å². The summed E-state index contributed by atoms with van der Waals surface area (Å²) in [6, 6.07) is 5.58. The zero-order chi connectivity index (χ0) is 13.8. The Labute approximate surface area is 116 Å². The number of fused-ring (bicyclic) bond motifs is 1. The number of thiazole rings is 1. The van der Waals surface area contributed by atoms with Gasteiger partial charge in [-0.3, -0.25) is 5.32 Å². The summed E-state index contributed by atoms with van der Waals surface area (Å²) in [6.45, 7) is 5.16. The highest BCUT2D eigenvalue weighted by molar-refractivity contribution is 7.22. The minimum atomic E-state index is -0.147. The zero-order valence-electron chi connectivity index (χ0n) is 11.3. The van der Waals surface area contributed by atoms with E-state index in [1.54, 1.807) is 11.9 Å². The van der Waals surface area contributed by atoms with Gasteiger partial charge in [-0.05, 0) is 32.0 Å². The highest BCUT2D eigenvalue weighted by Crippen LogP contribution is 2.29. The maximum atomic E-state index is 11.7. The Morgan fingerprint density at radius 3 is 2.95 bits per heavy atom. The average molecular weight is 279 g/mol. The van der Waals surface area contributed by atoms with Crippen LogP contribution in [0, 0.1) is 0 Å². The second-order valence-corrected chi connectivity index (χ2v) is 5.06. The van der Waals surface area contributed by atoms with E-state index in [4.69, 9.17) is 4.74 Å². The molecule has 0 saturated heterocycles. The largest absolute Gasteiger partial charge is 0.494 e. The van der Waals surface area contributed by atoms with Crippen LogP contribution >= 0.6 is 11.3 Å². The Bertz CT molecular complexity index is 582. The maximum absolute atomic E-state index is 11.7. The van der Waals surface area contributed by atoms with E-state index in [-0.39, 0.29) is 6.03 Å². The van der Waals surface area contributed by atoms with Gasteiger partial charge in [-0.25, -0.2) is 9.78 Å². The van der Waals surface area contributed by atoms with Crippen LogP contribution in [0.5, 0.6) is 5.75 Å². The van der Waals surface area contributed by atoms with E-state index in [9.17, 15) is 4.79 Å². The first-order chi connectivity index (χ1) is 9.13. The van der Waals surface area contributed by atoms with Crippen molar-refractivity contribution in [2.45, 2.75) is 13.8 Å². The number of rotatable bonds is 4. The van der Waals surface area contributed by atoms with E-state index in [2.05, 4.69) is 10.3 Å². The molecule has 0 radical (unpaired) electrons. The first-order valence-electron chi connectivity index (χ1n) is 6.19. The van der Waals surface area contributed by atoms with Crippen LogP contribution < -0.4 is 10.1 Å². The third kappa shape index (κ3) is 3.14. The molecule has 1 aromatic carbocycles. The summed E-state index contributed by atoms with van der Waals surface area (Å²) >= 11 is 1.44. The minimum Gasteiger partial charge on any atom is -0.494 e. The topological polar surface area (TPSA) is 54.5 Å². The summed E-state index contributed by atoms with van der Waals surface area (Å²) in [7, 11) is 1.75. The van der Waals surface area contributed by atoms with E-state index in [1.165, 1.54) is 11.3 Å². The van der Waals surface area contributed by atoms with Crippen molar-refractivity contribution in [2.75, 3.05) is 25.5 Å². The Balaban J connectivity index is 2.19. The first kappa shape index (κ1) is 13.6. The smallest absolute Gasteiger partial charge is 0.323 e. The number of amides is 2. The summed E-state index contributed by atoms with van der Waals surface area (Å²) in [5.74, 6) is 0.821. The number of benzene rings is 1. The summed E-state index contributed by atoms with van der Waals surface area (Å²) < 4.78 is 6.44. The third-order valence-electron chi connectivity index (χ3n) is 2.71. The van der Waals surface area contributed by atoms with Gasteiger partial charge in [0.25, 0.3) is 0 Å². The molecular formula is C13H17N3O2S. The summed E-state index contributed by atoms with van der Waals surface area (Å²) in [4.78, 5) is 17.7. The molecule has 0 atom stereocenters. The number of nitrogens with one attached hydrogen (secondary N) is 1. The summed E-state index contributed by atoms with van der Waals surface area (Å²) in [5, 5.41) is 3.39. The Hall–Kier alpha value is -1.82. The molecule has 0 aliphatic rings. The van der Waals surface area contributed by atoms with Gasteiger partial charge in [0.15, 0.2) is 5.13 Å². The fourth-order valence-corrected chi connectivity index (χ4v) is 2.43. The van der Waals surface area contributed by atoms with Crippen LogP contribution in [0.25, 0.3) is 10.2 Å². The lowest BCUT2D eigenvalue weighted by atomic mass is 10.3. The number of ether oxygens (including phenoxy) is 1. The molecule has 19 heavy (non-hydrogen) atoms. The quantitative estimate of drug-likeness (QED) is 0.935. The molecule has 0 bridgehead atoms. The second-order valence-electron chi connectivity index (χ2n) is 4.03. The van der Waals surface area contributed by atoms with Crippen LogP contribution in [0.1, 0.15) is 13.8 Å². The van der Waals surface area contributed by atoms with E-state index in [0.29, 0.717) is 18.3 Å². The first-order valence-corrected chi connectivity index (χ1v) is 7.01. The molecule has 0 fully saturated rings. The van der Waals surface area contributed by atoms with Gasteiger partial charge in [0.1, 0.15) is 5.75 Å². The van der Waals surface area contributed by atoms with Crippen molar-refractivity contribution >= 4 is 32.7 Å². The molecule has 2 aromatic rings. The number of carbonyl (C=O) groups excluding carboxylic acids is 1. The lowest BCUT2D eigenvalue weighted by molar-refractivity contribution is 0.224. The van der Waals surface area contributed by atoms with Crippen LogP contribution in [0.15, 0.2) is 18.2 Å². The van der Waals surface area contributed by atoms with Gasteiger partial charge in [-0.1, -0.05) is 11.3 Å². The molecule has 0 aliphatic carbocycles. The molecule has 1 N–H and O–H groups in total. The number of carbonyl (C=O) groups is 1. The van der Waals surface area contributed by atoms with Crippen molar-refractivity contribution in [2.24, 2.45) is 0 Å². The van der Waals surface area contributed by atoms with Crippen molar-refractivity contribution in [1.82, 2.24) is 9.88 Å². The van der Waals surface area contributed by atoms with Gasteiger partial charge in [0, 0.05) is 13.6 Å². The lowest BCUT2D eigenvalue weighted by Crippen LogP contribution is -2.30. The van der Waals surface area contributed by atoms with Gasteiger partial charge < -0.3 is 9.64 Å². The fraction of sp³-hybridized carbons (Fsp3) is 0.385. The monoisotopic (exact) mass is 279 g/mol. The second kappa shape index (κ2) is 5.88. The lowest BCUT2D eigenvalue weighted by Gasteiger charge is -2.13. The van der Waals surface area contributed by atoms with E-state index in [1.807, 2.05) is 32.0 Å². The molecule has 102 valence electrons. The van der Waals surface area contributed by atoms with Crippen molar-refractivity contribution in [3.63, 3.8) is 0 Å². The number of hydrogen-bond acceptors (Lipinski definition) is 4. The zero-order valence-corrected chi connectivity index (χ0v) is 12.1. The van der Waals surface area contributed by atoms with Crippen LogP contribution in [0.3, 0.4) is 0 Å². The maximum Gasteiger partial charge on any atom is 0.323 e. The Morgan fingerprint density at radius 1 is 1.47 bits per heavy atom. The molecule has 1 heterocycles. The normalized spacial score (nSPS) is 10.5. The number of aromatic nitrogens is 1. The van der Waals surface area contributed by atoms with Crippen LogP contribution in [-0.4, -0.2) is 36.1 Å². The molecule has 6 heteroatoms. The van der Waals surface area contributed by atoms with E-state index in [0.717, 1.165) is 16.0 Å². The fourth-order valence-electron chi connectivity index (χ4n) is 1.55. The molecule has 0 aliphatic heterocycles. The molecular weight excluding hydrogens is 262 g/mol. The van der Waals surface area contributed by atoms with Gasteiger partial charge >= 0.3 is 6.03 Å². The highest BCUT2D eigenvalue weighted by Gasteiger charge is 2.10. The van der Waals surface area contributed by atoms with Crippen LogP contribution in [0.2, 0.25) is 0 Å². The third-order valence-corrected chi connectivity index (χ3v) is 3.64. The van der Waals surface area contributed by atoms with Gasteiger partial charge in [-0.15, -0.1) is 0 Å². The van der Waals surface area contributed by atoms with Crippen LogP contribution in [-0.2, 0) is 0 Å². The summed E-state index contributed by atoms with van der Waals surface area (Å²) in [6.07, 6.45) is 0. The molecule has 2 amide bonds. The average Bonchev–Trinajstić information content (AvgIpc) is 2.79. The van der Waals surface area contributed by atoms with E-state index >= 15 is 0 Å². The van der Waals surface area contributed by atoms with Crippen LogP contribution in [0.4, 0.5) is 9.93 Å². The van der Waals surface area contributed by atoms with Crippen molar-refractivity contribution in [3.8, 4) is 5.75 Å². The van der Waals surface area contributed by atoms with Crippen molar-refractivity contribution < 1.29 is 9.53 Å². The predicted octanol–water partition coefficient (Wildman–Crippen LogP) is 3.18. The number of urea groups is 1. The molecule has 5 nitrogen and oxygen atoms in total. The standard InChI is InChI=1S/C13H17N3O2S/c1-4-16(3)13(17)15-12-14-10-7-6-9(18-5-2)8-11(10)19-12/h6-8H,4-5H2,1-3H3,(H,14,15,17). The molecule has 0 unspecified atom stereocenters. The van der Waals surface area contributed by atoms with Gasteiger partial charge in [-0.2, -0.15) is 0 Å². The minimum absolute atomic E-state index is 0.147. The Morgan fingerprint density at radius 2 is 2.26 bits per heavy atom.